The van der Waals surface area contributed by atoms with Crippen LogP contribution in [0.25, 0.3) is 0 Å². The van der Waals surface area contributed by atoms with Gasteiger partial charge in [-0.05, 0) is 18.4 Å². The molecule has 116 valence electrons. The predicted octanol–water partition coefficient (Wildman–Crippen LogP) is 2.87. The number of anilines is 2. The highest BCUT2D eigenvalue weighted by atomic mass is 16.5. The molecule has 1 aromatic heterocycles. The summed E-state index contributed by atoms with van der Waals surface area (Å²) >= 11 is 0. The number of hydrogen-bond donors (Lipinski definition) is 1. The van der Waals surface area contributed by atoms with Gasteiger partial charge in [0.1, 0.15) is 0 Å². The summed E-state index contributed by atoms with van der Waals surface area (Å²) in [5.74, 6) is 1.71. The van der Waals surface area contributed by atoms with Gasteiger partial charge in [0.05, 0.1) is 6.10 Å². The first kappa shape index (κ1) is 14.8. The molecule has 5 heteroatoms. The van der Waals surface area contributed by atoms with Crippen LogP contribution >= 0.6 is 0 Å². The molecule has 22 heavy (non-hydrogen) atoms. The Kier molecular flexibility index (Phi) is 4.53. The number of rotatable bonds is 4. The molecular weight excluding hydrogens is 276 g/mol. The van der Waals surface area contributed by atoms with Crippen LogP contribution in [0.2, 0.25) is 0 Å². The number of nitrogens with zero attached hydrogens (tertiary/aromatic N) is 3. The van der Waals surface area contributed by atoms with Gasteiger partial charge in [0.15, 0.2) is 11.6 Å². The summed E-state index contributed by atoms with van der Waals surface area (Å²) in [4.78, 5) is 10.8. The Morgan fingerprint density at radius 3 is 2.68 bits per heavy atom. The van der Waals surface area contributed by atoms with E-state index in [1.54, 1.807) is 12.4 Å². The lowest BCUT2D eigenvalue weighted by Gasteiger charge is -2.31. The van der Waals surface area contributed by atoms with E-state index < -0.39 is 0 Å². The zero-order valence-electron chi connectivity index (χ0n) is 13.1. The van der Waals surface area contributed by atoms with Crippen molar-refractivity contribution in [3.05, 3.63) is 48.3 Å². The van der Waals surface area contributed by atoms with E-state index in [2.05, 4.69) is 39.6 Å². The third-order valence-corrected chi connectivity index (χ3v) is 3.90. The lowest BCUT2D eigenvalue weighted by atomic mass is 9.97. The maximum atomic E-state index is 5.92. The minimum atomic E-state index is 0.145. The van der Waals surface area contributed by atoms with Crippen LogP contribution in [-0.2, 0) is 4.74 Å². The van der Waals surface area contributed by atoms with Crippen LogP contribution in [0.1, 0.15) is 24.5 Å². The van der Waals surface area contributed by atoms with Crippen molar-refractivity contribution in [1.29, 1.82) is 0 Å². The highest BCUT2D eigenvalue weighted by Crippen LogP contribution is 2.30. The Labute approximate surface area is 131 Å². The molecule has 2 atom stereocenters. The van der Waals surface area contributed by atoms with Crippen LogP contribution in [-0.4, -0.2) is 36.7 Å². The summed E-state index contributed by atoms with van der Waals surface area (Å²) in [6.45, 7) is 0.759. The molecule has 2 aromatic rings. The zero-order valence-corrected chi connectivity index (χ0v) is 13.1. The maximum Gasteiger partial charge on any atom is 0.171 e. The highest BCUT2D eigenvalue weighted by Gasteiger charge is 2.24. The Morgan fingerprint density at radius 1 is 1.14 bits per heavy atom. The van der Waals surface area contributed by atoms with Crippen molar-refractivity contribution in [1.82, 2.24) is 9.97 Å². The second kappa shape index (κ2) is 6.75. The van der Waals surface area contributed by atoms with Crippen molar-refractivity contribution in [2.45, 2.75) is 25.0 Å². The smallest absolute Gasteiger partial charge is 0.171 e. The number of aromatic nitrogens is 2. The molecule has 1 fully saturated rings. The predicted molar refractivity (Wildman–Crippen MR) is 88.1 cm³/mol. The lowest BCUT2D eigenvalue weighted by molar-refractivity contribution is 0.00975. The van der Waals surface area contributed by atoms with Crippen LogP contribution < -0.4 is 10.2 Å². The van der Waals surface area contributed by atoms with Gasteiger partial charge in [-0.2, -0.15) is 0 Å². The van der Waals surface area contributed by atoms with Gasteiger partial charge >= 0.3 is 0 Å². The molecule has 0 spiro atoms. The van der Waals surface area contributed by atoms with Gasteiger partial charge in [0.2, 0.25) is 0 Å². The Bertz CT molecular complexity index is 603. The van der Waals surface area contributed by atoms with E-state index in [-0.39, 0.29) is 6.10 Å². The van der Waals surface area contributed by atoms with Crippen molar-refractivity contribution in [2.75, 3.05) is 30.9 Å². The highest BCUT2D eigenvalue weighted by molar-refractivity contribution is 5.60. The molecule has 1 saturated heterocycles. The van der Waals surface area contributed by atoms with Gasteiger partial charge in [-0.15, -0.1) is 0 Å². The number of nitrogens with one attached hydrogen (secondary N) is 1. The van der Waals surface area contributed by atoms with E-state index in [9.17, 15) is 0 Å². The fourth-order valence-corrected chi connectivity index (χ4v) is 2.78. The quantitative estimate of drug-likeness (QED) is 0.940. The molecule has 0 radical (unpaired) electrons. The average Bonchev–Trinajstić information content (AvgIpc) is 2.56. The first-order chi connectivity index (χ1) is 10.7. The van der Waals surface area contributed by atoms with Crippen molar-refractivity contribution >= 4 is 11.6 Å². The molecule has 0 aliphatic carbocycles. The van der Waals surface area contributed by atoms with Crippen LogP contribution in [0, 0.1) is 0 Å². The average molecular weight is 298 g/mol. The summed E-state index contributed by atoms with van der Waals surface area (Å²) < 4.78 is 5.92. The lowest BCUT2D eigenvalue weighted by Crippen LogP contribution is -2.31. The Balaban J connectivity index is 1.71. The summed E-state index contributed by atoms with van der Waals surface area (Å²) in [5, 5.41) is 3.54. The van der Waals surface area contributed by atoms with E-state index >= 15 is 0 Å². The van der Waals surface area contributed by atoms with Gasteiger partial charge in [-0.1, -0.05) is 30.3 Å². The van der Waals surface area contributed by atoms with Crippen molar-refractivity contribution in [3.8, 4) is 0 Å². The van der Waals surface area contributed by atoms with Gasteiger partial charge in [0.25, 0.3) is 0 Å². The second-order valence-electron chi connectivity index (χ2n) is 5.76. The van der Waals surface area contributed by atoms with Crippen LogP contribution in [0.5, 0.6) is 0 Å². The third kappa shape index (κ3) is 3.36. The monoisotopic (exact) mass is 298 g/mol. The molecule has 2 heterocycles. The fraction of sp³-hybridized carbons (Fsp3) is 0.412. The summed E-state index contributed by atoms with van der Waals surface area (Å²) in [6.07, 6.45) is 5.51. The first-order valence-electron chi connectivity index (χ1n) is 7.65. The normalized spacial score (nSPS) is 21.4. The van der Waals surface area contributed by atoms with Crippen LogP contribution in [0.15, 0.2) is 42.7 Å². The Morgan fingerprint density at radius 2 is 1.91 bits per heavy atom. The minimum Gasteiger partial charge on any atom is -0.373 e. The largest absolute Gasteiger partial charge is 0.373 e. The summed E-state index contributed by atoms with van der Waals surface area (Å²) in [5.41, 5.74) is 1.24. The van der Waals surface area contributed by atoms with Gasteiger partial charge in [-0.25, -0.2) is 9.97 Å². The molecule has 5 nitrogen and oxygen atoms in total. The maximum absolute atomic E-state index is 5.92. The van der Waals surface area contributed by atoms with E-state index in [1.807, 2.05) is 25.1 Å². The van der Waals surface area contributed by atoms with Crippen molar-refractivity contribution < 1.29 is 4.74 Å². The number of hydrogen-bond acceptors (Lipinski definition) is 5. The van der Waals surface area contributed by atoms with E-state index in [4.69, 9.17) is 4.74 Å². The fourth-order valence-electron chi connectivity index (χ4n) is 2.78. The summed E-state index contributed by atoms with van der Waals surface area (Å²) in [7, 11) is 3.96. The molecule has 1 aliphatic heterocycles. The van der Waals surface area contributed by atoms with E-state index in [0.717, 1.165) is 31.1 Å². The number of ether oxygens (including phenoxy) is 1. The third-order valence-electron chi connectivity index (χ3n) is 3.90. The molecule has 1 aliphatic rings. The molecule has 1 N–H and O–H groups in total. The second-order valence-corrected chi connectivity index (χ2v) is 5.76. The Hall–Kier alpha value is -2.14. The molecule has 0 bridgehead atoms. The van der Waals surface area contributed by atoms with E-state index in [0.29, 0.717) is 6.04 Å². The van der Waals surface area contributed by atoms with E-state index in [1.165, 1.54) is 5.56 Å². The van der Waals surface area contributed by atoms with Crippen molar-refractivity contribution in [3.63, 3.8) is 0 Å². The molecular formula is C17H22N4O. The summed E-state index contributed by atoms with van der Waals surface area (Å²) in [6, 6.07) is 10.7. The zero-order chi connectivity index (χ0) is 15.4. The molecule has 0 amide bonds. The van der Waals surface area contributed by atoms with Crippen molar-refractivity contribution in [2.24, 2.45) is 0 Å². The molecule has 0 saturated carbocycles. The van der Waals surface area contributed by atoms with Gasteiger partial charge in [-0.3, -0.25) is 0 Å². The SMILES string of the molecule is CN(C)c1nccnc1NC1CCOC(c2ccccc2)C1. The molecule has 2 unspecified atom stereocenters. The van der Waals surface area contributed by atoms with Gasteiger partial charge in [0, 0.05) is 39.1 Å². The molecule has 3 rings (SSSR count). The van der Waals surface area contributed by atoms with Crippen LogP contribution in [0.4, 0.5) is 11.6 Å². The van der Waals surface area contributed by atoms with Crippen LogP contribution in [0.3, 0.4) is 0 Å². The minimum absolute atomic E-state index is 0.145. The number of benzene rings is 1. The standard InChI is InChI=1S/C17H22N4O/c1-21(2)17-16(18-9-10-19-17)20-14-8-11-22-15(12-14)13-6-4-3-5-7-13/h3-7,9-10,14-15H,8,11-12H2,1-2H3,(H,18,20). The first-order valence-corrected chi connectivity index (χ1v) is 7.65. The molecule has 1 aromatic carbocycles. The topological polar surface area (TPSA) is 50.3 Å². The van der Waals surface area contributed by atoms with Gasteiger partial charge < -0.3 is 15.0 Å².